The number of hydrogen-bond donors (Lipinski definition) is 1. The standard InChI is InChI=1S/C25H34N4O3.HI/c1-5-26-25(28(2)16-14-19-10-13-22(31-3)23(17-19)32-4)27-18-20-8-11-21(12-9-20)29-15-6-7-24(29)30;/h8-13,17H,5-7,14-16,18H2,1-4H3,(H,26,27);1H. The highest BCUT2D eigenvalue weighted by Gasteiger charge is 2.21. The van der Waals surface area contributed by atoms with Gasteiger partial charge in [-0.15, -0.1) is 24.0 Å². The van der Waals surface area contributed by atoms with Crippen LogP contribution in [-0.4, -0.2) is 57.7 Å². The first-order valence-electron chi connectivity index (χ1n) is 11.1. The van der Waals surface area contributed by atoms with Crippen LogP contribution in [0.15, 0.2) is 47.5 Å². The normalized spacial score (nSPS) is 13.5. The van der Waals surface area contributed by atoms with Crippen LogP contribution in [0.5, 0.6) is 11.5 Å². The van der Waals surface area contributed by atoms with Crippen LogP contribution in [0.4, 0.5) is 5.69 Å². The van der Waals surface area contributed by atoms with Crippen molar-refractivity contribution in [3.63, 3.8) is 0 Å². The van der Waals surface area contributed by atoms with E-state index in [2.05, 4.69) is 35.3 Å². The summed E-state index contributed by atoms with van der Waals surface area (Å²) in [7, 11) is 5.34. The lowest BCUT2D eigenvalue weighted by Crippen LogP contribution is -2.39. The Morgan fingerprint density at radius 1 is 1.09 bits per heavy atom. The fourth-order valence-corrected chi connectivity index (χ4v) is 3.78. The quantitative estimate of drug-likeness (QED) is 0.282. The minimum Gasteiger partial charge on any atom is -0.493 e. The van der Waals surface area contributed by atoms with Crippen LogP contribution >= 0.6 is 24.0 Å². The maximum atomic E-state index is 11.9. The monoisotopic (exact) mass is 566 g/mol. The van der Waals surface area contributed by atoms with Crippen molar-refractivity contribution in [3.8, 4) is 11.5 Å². The predicted molar refractivity (Wildman–Crippen MR) is 144 cm³/mol. The number of rotatable bonds is 9. The van der Waals surface area contributed by atoms with Crippen molar-refractivity contribution in [1.82, 2.24) is 10.2 Å². The second-order valence-electron chi connectivity index (χ2n) is 7.85. The highest BCUT2D eigenvalue weighted by molar-refractivity contribution is 14.0. The van der Waals surface area contributed by atoms with E-state index < -0.39 is 0 Å². The van der Waals surface area contributed by atoms with Gasteiger partial charge >= 0.3 is 0 Å². The highest BCUT2D eigenvalue weighted by Crippen LogP contribution is 2.27. The molecule has 0 spiro atoms. The van der Waals surface area contributed by atoms with Gasteiger partial charge in [-0.1, -0.05) is 18.2 Å². The molecule has 1 aliphatic heterocycles. The van der Waals surface area contributed by atoms with Gasteiger partial charge in [-0.2, -0.15) is 0 Å². The Morgan fingerprint density at radius 2 is 1.79 bits per heavy atom. The summed E-state index contributed by atoms with van der Waals surface area (Å²) in [5, 5.41) is 3.37. The van der Waals surface area contributed by atoms with Crippen molar-refractivity contribution in [2.75, 3.05) is 45.8 Å². The number of nitrogens with zero attached hydrogens (tertiary/aromatic N) is 3. The molecule has 1 saturated heterocycles. The van der Waals surface area contributed by atoms with E-state index in [1.807, 2.05) is 36.2 Å². The van der Waals surface area contributed by atoms with Crippen molar-refractivity contribution in [3.05, 3.63) is 53.6 Å². The SMILES string of the molecule is CCNC(=NCc1ccc(N2CCCC2=O)cc1)N(C)CCc1ccc(OC)c(OC)c1.I. The number of carbonyl (C=O) groups excluding carboxylic acids is 1. The average molecular weight is 566 g/mol. The molecule has 0 unspecified atom stereocenters. The number of halogens is 1. The number of ether oxygens (including phenoxy) is 2. The van der Waals surface area contributed by atoms with Crippen LogP contribution in [0.1, 0.15) is 30.9 Å². The third kappa shape index (κ3) is 7.25. The van der Waals surface area contributed by atoms with E-state index >= 15 is 0 Å². The smallest absolute Gasteiger partial charge is 0.227 e. The first-order chi connectivity index (χ1) is 15.5. The van der Waals surface area contributed by atoms with Crippen LogP contribution in [-0.2, 0) is 17.8 Å². The highest BCUT2D eigenvalue weighted by atomic mass is 127. The summed E-state index contributed by atoms with van der Waals surface area (Å²) in [4.78, 5) is 20.7. The van der Waals surface area contributed by atoms with E-state index in [0.717, 1.165) is 61.2 Å². The molecule has 180 valence electrons. The Kier molecular flexibility index (Phi) is 10.8. The Hall–Kier alpha value is -2.49. The van der Waals surface area contributed by atoms with Gasteiger partial charge in [-0.25, -0.2) is 4.99 Å². The number of methoxy groups -OCH3 is 2. The van der Waals surface area contributed by atoms with Gasteiger partial charge in [0, 0.05) is 38.8 Å². The van der Waals surface area contributed by atoms with Gasteiger partial charge in [0.1, 0.15) is 0 Å². The van der Waals surface area contributed by atoms with E-state index in [1.165, 1.54) is 5.56 Å². The van der Waals surface area contributed by atoms with Gasteiger partial charge in [0.2, 0.25) is 5.91 Å². The Morgan fingerprint density at radius 3 is 2.39 bits per heavy atom. The number of carbonyl (C=O) groups is 1. The lowest BCUT2D eigenvalue weighted by molar-refractivity contribution is -0.117. The summed E-state index contributed by atoms with van der Waals surface area (Å²) < 4.78 is 10.7. The molecule has 0 atom stereocenters. The van der Waals surface area contributed by atoms with Gasteiger partial charge in [0.15, 0.2) is 17.5 Å². The van der Waals surface area contributed by atoms with E-state index in [-0.39, 0.29) is 29.9 Å². The van der Waals surface area contributed by atoms with E-state index in [1.54, 1.807) is 14.2 Å². The number of aliphatic imine (C=N–C) groups is 1. The number of likely N-dealkylation sites (N-methyl/N-ethyl adjacent to an activating group) is 1. The molecule has 1 N–H and O–H groups in total. The summed E-state index contributed by atoms with van der Waals surface area (Å²) >= 11 is 0. The third-order valence-corrected chi connectivity index (χ3v) is 5.61. The molecule has 0 aliphatic carbocycles. The Labute approximate surface area is 214 Å². The van der Waals surface area contributed by atoms with E-state index in [0.29, 0.717) is 13.0 Å². The average Bonchev–Trinajstić information content (AvgIpc) is 3.26. The zero-order valence-electron chi connectivity index (χ0n) is 20.0. The van der Waals surface area contributed by atoms with E-state index in [9.17, 15) is 4.79 Å². The molecular weight excluding hydrogens is 531 g/mol. The van der Waals surface area contributed by atoms with Crippen LogP contribution < -0.4 is 19.7 Å². The van der Waals surface area contributed by atoms with Gasteiger partial charge in [0.25, 0.3) is 0 Å². The fraction of sp³-hybridized carbons (Fsp3) is 0.440. The lowest BCUT2D eigenvalue weighted by Gasteiger charge is -2.22. The van der Waals surface area contributed by atoms with E-state index in [4.69, 9.17) is 14.5 Å². The van der Waals surface area contributed by atoms with Crippen LogP contribution in [0.3, 0.4) is 0 Å². The first kappa shape index (κ1) is 26.8. The van der Waals surface area contributed by atoms with Crippen molar-refractivity contribution >= 4 is 41.5 Å². The largest absolute Gasteiger partial charge is 0.493 e. The topological polar surface area (TPSA) is 66.4 Å². The first-order valence-corrected chi connectivity index (χ1v) is 11.1. The molecule has 1 fully saturated rings. The second kappa shape index (κ2) is 13.3. The fourth-order valence-electron chi connectivity index (χ4n) is 3.78. The maximum absolute atomic E-state index is 11.9. The summed E-state index contributed by atoms with van der Waals surface area (Å²) in [6, 6.07) is 14.2. The molecule has 0 radical (unpaired) electrons. The van der Waals surface area contributed by atoms with Crippen LogP contribution in [0.25, 0.3) is 0 Å². The minimum atomic E-state index is 0. The van der Waals surface area contributed by atoms with Crippen molar-refractivity contribution in [2.45, 2.75) is 32.7 Å². The summed E-state index contributed by atoms with van der Waals surface area (Å²) in [6.07, 6.45) is 2.44. The maximum Gasteiger partial charge on any atom is 0.227 e. The Balaban J connectivity index is 0.00000385. The molecule has 33 heavy (non-hydrogen) atoms. The summed E-state index contributed by atoms with van der Waals surface area (Å²) in [6.45, 7) is 5.08. The minimum absolute atomic E-state index is 0. The number of anilines is 1. The zero-order chi connectivity index (χ0) is 22.9. The van der Waals surface area contributed by atoms with Gasteiger partial charge in [0.05, 0.1) is 20.8 Å². The number of benzene rings is 2. The van der Waals surface area contributed by atoms with Crippen molar-refractivity contribution < 1.29 is 14.3 Å². The zero-order valence-corrected chi connectivity index (χ0v) is 22.3. The molecule has 1 amide bonds. The molecule has 0 aromatic heterocycles. The third-order valence-electron chi connectivity index (χ3n) is 5.61. The molecule has 7 nitrogen and oxygen atoms in total. The number of amides is 1. The predicted octanol–water partition coefficient (Wildman–Crippen LogP) is 4.09. The summed E-state index contributed by atoms with van der Waals surface area (Å²) in [5.41, 5.74) is 3.26. The second-order valence-corrected chi connectivity index (χ2v) is 7.85. The molecule has 3 rings (SSSR count). The molecular formula is C25H35IN4O3. The molecule has 0 bridgehead atoms. The van der Waals surface area contributed by atoms with Gasteiger partial charge < -0.3 is 24.6 Å². The van der Waals surface area contributed by atoms with Crippen LogP contribution in [0.2, 0.25) is 0 Å². The molecule has 0 saturated carbocycles. The molecule has 2 aromatic carbocycles. The number of guanidine groups is 1. The molecule has 8 heteroatoms. The van der Waals surface area contributed by atoms with Crippen LogP contribution in [0, 0.1) is 0 Å². The van der Waals surface area contributed by atoms with Crippen molar-refractivity contribution in [1.29, 1.82) is 0 Å². The molecule has 2 aromatic rings. The number of nitrogens with one attached hydrogen (secondary N) is 1. The molecule has 1 aliphatic rings. The Bertz CT molecular complexity index is 934. The molecule has 1 heterocycles. The van der Waals surface area contributed by atoms with Crippen molar-refractivity contribution in [2.24, 2.45) is 4.99 Å². The van der Waals surface area contributed by atoms with Gasteiger partial charge in [-0.05, 0) is 55.2 Å². The number of hydrogen-bond acceptors (Lipinski definition) is 4. The van der Waals surface area contributed by atoms with Gasteiger partial charge in [-0.3, -0.25) is 4.79 Å². The summed E-state index contributed by atoms with van der Waals surface area (Å²) in [5.74, 6) is 2.56. The lowest BCUT2D eigenvalue weighted by atomic mass is 10.1.